The van der Waals surface area contributed by atoms with Gasteiger partial charge >= 0.3 is 5.97 Å². The van der Waals surface area contributed by atoms with Gasteiger partial charge in [0.1, 0.15) is 0 Å². The van der Waals surface area contributed by atoms with Gasteiger partial charge in [0, 0.05) is 0 Å². The SMILES string of the molecule is CC(C(=O)O)C1(C)C=CC(O)CC1. The van der Waals surface area contributed by atoms with Gasteiger partial charge in [0.05, 0.1) is 12.0 Å². The number of aliphatic hydroxyl groups excluding tert-OH is 1. The van der Waals surface area contributed by atoms with Crippen molar-refractivity contribution in [3.8, 4) is 0 Å². The Labute approximate surface area is 78.1 Å². The van der Waals surface area contributed by atoms with Gasteiger partial charge in [-0.25, -0.2) is 0 Å². The summed E-state index contributed by atoms with van der Waals surface area (Å²) in [5.74, 6) is -1.17. The fraction of sp³-hybridized carbons (Fsp3) is 0.700. The normalized spacial score (nSPS) is 35.8. The molecule has 0 bridgehead atoms. The van der Waals surface area contributed by atoms with E-state index in [1.54, 1.807) is 13.0 Å². The first-order chi connectivity index (χ1) is 5.96. The molecule has 0 fully saturated rings. The Balaban J connectivity index is 2.77. The second-order valence-electron chi connectivity index (χ2n) is 4.03. The number of hydrogen-bond acceptors (Lipinski definition) is 2. The highest BCUT2D eigenvalue weighted by atomic mass is 16.4. The van der Waals surface area contributed by atoms with Crippen LogP contribution in [0.5, 0.6) is 0 Å². The van der Waals surface area contributed by atoms with Crippen LogP contribution in [-0.4, -0.2) is 22.3 Å². The lowest BCUT2D eigenvalue weighted by atomic mass is 9.71. The minimum atomic E-state index is -0.775. The van der Waals surface area contributed by atoms with Crippen molar-refractivity contribution in [1.82, 2.24) is 0 Å². The summed E-state index contributed by atoms with van der Waals surface area (Å²) in [7, 11) is 0. The van der Waals surface area contributed by atoms with Crippen molar-refractivity contribution in [2.24, 2.45) is 11.3 Å². The van der Waals surface area contributed by atoms with Crippen LogP contribution in [0.3, 0.4) is 0 Å². The number of rotatable bonds is 2. The first-order valence-electron chi connectivity index (χ1n) is 4.56. The van der Waals surface area contributed by atoms with Gasteiger partial charge in [0.2, 0.25) is 0 Å². The zero-order valence-corrected chi connectivity index (χ0v) is 8.03. The van der Waals surface area contributed by atoms with E-state index in [4.69, 9.17) is 5.11 Å². The number of hydrogen-bond donors (Lipinski definition) is 2. The zero-order chi connectivity index (χ0) is 10.1. The average molecular weight is 184 g/mol. The Kier molecular flexibility index (Phi) is 2.76. The number of carboxylic acid groups (broad SMARTS) is 1. The second kappa shape index (κ2) is 3.50. The Hall–Kier alpha value is -0.830. The third kappa shape index (κ3) is 2.10. The van der Waals surface area contributed by atoms with Crippen LogP contribution in [0.1, 0.15) is 26.7 Å². The summed E-state index contributed by atoms with van der Waals surface area (Å²) < 4.78 is 0. The van der Waals surface area contributed by atoms with Crippen LogP contribution in [0, 0.1) is 11.3 Å². The number of carboxylic acids is 1. The first-order valence-corrected chi connectivity index (χ1v) is 4.56. The molecule has 0 amide bonds. The van der Waals surface area contributed by atoms with E-state index >= 15 is 0 Å². The summed E-state index contributed by atoms with van der Waals surface area (Å²) in [6.07, 6.45) is 4.53. The molecular formula is C10H16O3. The minimum absolute atomic E-state index is 0.301. The predicted octanol–water partition coefficient (Wildman–Crippen LogP) is 1.42. The largest absolute Gasteiger partial charge is 0.481 e. The average Bonchev–Trinajstić information content (AvgIpc) is 2.09. The van der Waals surface area contributed by atoms with E-state index in [-0.39, 0.29) is 5.41 Å². The Bertz CT molecular complexity index is 234. The maximum atomic E-state index is 10.8. The van der Waals surface area contributed by atoms with E-state index in [0.717, 1.165) is 6.42 Å². The molecule has 0 aliphatic heterocycles. The molecule has 0 aromatic rings. The fourth-order valence-corrected chi connectivity index (χ4v) is 1.61. The summed E-state index contributed by atoms with van der Waals surface area (Å²) in [4.78, 5) is 10.8. The summed E-state index contributed by atoms with van der Waals surface area (Å²) in [5.41, 5.74) is -0.301. The molecule has 3 heteroatoms. The molecule has 3 atom stereocenters. The zero-order valence-electron chi connectivity index (χ0n) is 8.03. The van der Waals surface area contributed by atoms with Crippen molar-refractivity contribution in [3.63, 3.8) is 0 Å². The summed E-state index contributed by atoms with van der Waals surface area (Å²) >= 11 is 0. The van der Waals surface area contributed by atoms with Gasteiger partial charge in [0.15, 0.2) is 0 Å². The molecule has 1 rings (SSSR count). The molecule has 0 aromatic carbocycles. The molecule has 74 valence electrons. The molecule has 0 heterocycles. The number of allylic oxidation sites excluding steroid dienone is 1. The standard InChI is InChI=1S/C10H16O3/c1-7(9(12)13)10(2)5-3-8(11)4-6-10/h3,5,7-8,11H,4,6H2,1-2H3,(H,12,13). The van der Waals surface area contributed by atoms with E-state index in [0.29, 0.717) is 6.42 Å². The molecule has 0 saturated heterocycles. The van der Waals surface area contributed by atoms with Crippen molar-refractivity contribution in [1.29, 1.82) is 0 Å². The van der Waals surface area contributed by atoms with Crippen molar-refractivity contribution in [3.05, 3.63) is 12.2 Å². The highest BCUT2D eigenvalue weighted by molar-refractivity contribution is 5.71. The van der Waals surface area contributed by atoms with Crippen molar-refractivity contribution in [2.45, 2.75) is 32.8 Å². The lowest BCUT2D eigenvalue weighted by Gasteiger charge is -2.34. The van der Waals surface area contributed by atoms with Gasteiger partial charge in [-0.1, -0.05) is 26.0 Å². The second-order valence-corrected chi connectivity index (χ2v) is 4.03. The van der Waals surface area contributed by atoms with Crippen LogP contribution in [0.15, 0.2) is 12.2 Å². The Morgan fingerprint density at radius 2 is 2.31 bits per heavy atom. The molecule has 0 aromatic heterocycles. The summed E-state index contributed by atoms with van der Waals surface area (Å²) in [6, 6.07) is 0. The van der Waals surface area contributed by atoms with E-state index < -0.39 is 18.0 Å². The van der Waals surface area contributed by atoms with Crippen LogP contribution in [-0.2, 0) is 4.79 Å². The van der Waals surface area contributed by atoms with Crippen LogP contribution < -0.4 is 0 Å². The third-order valence-corrected chi connectivity index (χ3v) is 3.04. The van der Waals surface area contributed by atoms with Crippen molar-refractivity contribution in [2.75, 3.05) is 0 Å². The Morgan fingerprint density at radius 1 is 1.69 bits per heavy atom. The molecule has 0 spiro atoms. The number of carbonyl (C=O) groups is 1. The van der Waals surface area contributed by atoms with Gasteiger partial charge in [-0.15, -0.1) is 0 Å². The Morgan fingerprint density at radius 3 is 2.69 bits per heavy atom. The van der Waals surface area contributed by atoms with E-state index in [1.165, 1.54) is 0 Å². The summed E-state index contributed by atoms with van der Waals surface area (Å²) in [6.45, 7) is 3.64. The minimum Gasteiger partial charge on any atom is -0.481 e. The van der Waals surface area contributed by atoms with Gasteiger partial charge in [-0.2, -0.15) is 0 Å². The predicted molar refractivity (Wildman–Crippen MR) is 49.3 cm³/mol. The quantitative estimate of drug-likeness (QED) is 0.638. The molecule has 3 unspecified atom stereocenters. The van der Waals surface area contributed by atoms with Crippen LogP contribution in [0.25, 0.3) is 0 Å². The molecule has 0 radical (unpaired) electrons. The van der Waals surface area contributed by atoms with E-state index in [9.17, 15) is 9.90 Å². The van der Waals surface area contributed by atoms with Gasteiger partial charge in [-0.05, 0) is 18.3 Å². The highest BCUT2D eigenvalue weighted by Crippen LogP contribution is 2.37. The van der Waals surface area contributed by atoms with Crippen molar-refractivity contribution >= 4 is 5.97 Å². The lowest BCUT2D eigenvalue weighted by molar-refractivity contribution is -0.144. The maximum absolute atomic E-state index is 10.8. The number of aliphatic hydroxyl groups is 1. The van der Waals surface area contributed by atoms with Gasteiger partial charge < -0.3 is 10.2 Å². The fourth-order valence-electron chi connectivity index (χ4n) is 1.61. The summed E-state index contributed by atoms with van der Waals surface area (Å²) in [5, 5.41) is 18.1. The van der Waals surface area contributed by atoms with Crippen LogP contribution >= 0.6 is 0 Å². The van der Waals surface area contributed by atoms with Crippen LogP contribution in [0.2, 0.25) is 0 Å². The van der Waals surface area contributed by atoms with Gasteiger partial charge in [-0.3, -0.25) is 4.79 Å². The van der Waals surface area contributed by atoms with Crippen LogP contribution in [0.4, 0.5) is 0 Å². The monoisotopic (exact) mass is 184 g/mol. The third-order valence-electron chi connectivity index (χ3n) is 3.04. The highest BCUT2D eigenvalue weighted by Gasteiger charge is 2.35. The molecule has 1 aliphatic carbocycles. The lowest BCUT2D eigenvalue weighted by Crippen LogP contribution is -2.33. The van der Waals surface area contributed by atoms with Crippen molar-refractivity contribution < 1.29 is 15.0 Å². The van der Waals surface area contributed by atoms with E-state index in [2.05, 4.69) is 0 Å². The molecule has 13 heavy (non-hydrogen) atoms. The maximum Gasteiger partial charge on any atom is 0.307 e. The molecule has 3 nitrogen and oxygen atoms in total. The smallest absolute Gasteiger partial charge is 0.307 e. The number of aliphatic carboxylic acids is 1. The molecule has 0 saturated carbocycles. The molecule has 2 N–H and O–H groups in total. The molecule has 1 aliphatic rings. The first kappa shape index (κ1) is 10.3. The topological polar surface area (TPSA) is 57.5 Å². The van der Waals surface area contributed by atoms with E-state index in [1.807, 2.05) is 13.0 Å². The van der Waals surface area contributed by atoms with Gasteiger partial charge in [0.25, 0.3) is 0 Å². The molecular weight excluding hydrogens is 168 g/mol.